The Bertz CT molecular complexity index is 551. The maximum absolute atomic E-state index is 13.4. The lowest BCUT2D eigenvalue weighted by atomic mass is 10.0. The van der Waals surface area contributed by atoms with Gasteiger partial charge < -0.3 is 9.73 Å². The van der Waals surface area contributed by atoms with Crippen molar-refractivity contribution in [2.24, 2.45) is 0 Å². The van der Waals surface area contributed by atoms with E-state index in [-0.39, 0.29) is 5.82 Å². The van der Waals surface area contributed by atoms with Crippen molar-refractivity contribution in [1.82, 2.24) is 5.32 Å². The first-order valence-electron chi connectivity index (χ1n) is 5.86. The van der Waals surface area contributed by atoms with Crippen LogP contribution in [0.15, 0.2) is 28.9 Å². The molecule has 0 aliphatic heterocycles. The molecule has 2 rings (SSSR count). The molecule has 1 aromatic heterocycles. The first kappa shape index (κ1) is 13.1. The Hall–Kier alpha value is -1.32. The summed E-state index contributed by atoms with van der Waals surface area (Å²) < 4.78 is 18.8. The van der Waals surface area contributed by atoms with Crippen LogP contribution in [0.3, 0.4) is 0 Å². The number of furan rings is 1. The van der Waals surface area contributed by atoms with Crippen molar-refractivity contribution in [2.75, 3.05) is 6.54 Å². The fraction of sp³-hybridized carbons (Fsp3) is 0.286. The minimum atomic E-state index is -0.291. The summed E-state index contributed by atoms with van der Waals surface area (Å²) in [6.07, 6.45) is 1.62. The van der Waals surface area contributed by atoms with Gasteiger partial charge in [-0.25, -0.2) is 4.39 Å². The molecule has 0 amide bonds. The molecule has 0 aliphatic carbocycles. The number of rotatable bonds is 4. The third-order valence-electron chi connectivity index (χ3n) is 2.82. The molecule has 0 saturated heterocycles. The van der Waals surface area contributed by atoms with Crippen molar-refractivity contribution in [1.29, 1.82) is 0 Å². The standard InChI is InChI=1S/C14H15ClFNO/c1-3-17-8-14-10(4-5-18-14)11-6-9(2)13(16)7-12(11)15/h4-7,17H,3,8H2,1-2H3. The van der Waals surface area contributed by atoms with Crippen LogP contribution in [0.1, 0.15) is 18.2 Å². The van der Waals surface area contributed by atoms with E-state index in [9.17, 15) is 4.39 Å². The summed E-state index contributed by atoms with van der Waals surface area (Å²) in [5.74, 6) is 0.519. The van der Waals surface area contributed by atoms with Gasteiger partial charge in [0.2, 0.25) is 0 Å². The second kappa shape index (κ2) is 5.55. The van der Waals surface area contributed by atoms with Crippen LogP contribution in [0, 0.1) is 12.7 Å². The average molecular weight is 268 g/mol. The molecule has 18 heavy (non-hydrogen) atoms. The number of hydrogen-bond donors (Lipinski definition) is 1. The van der Waals surface area contributed by atoms with Crippen LogP contribution >= 0.6 is 11.6 Å². The molecule has 0 radical (unpaired) electrons. The number of nitrogens with one attached hydrogen (secondary N) is 1. The Balaban J connectivity index is 2.42. The highest BCUT2D eigenvalue weighted by molar-refractivity contribution is 6.33. The van der Waals surface area contributed by atoms with Crippen molar-refractivity contribution < 1.29 is 8.81 Å². The van der Waals surface area contributed by atoms with E-state index in [2.05, 4.69) is 5.32 Å². The first-order chi connectivity index (χ1) is 8.63. The van der Waals surface area contributed by atoms with Crippen molar-refractivity contribution in [2.45, 2.75) is 20.4 Å². The molecule has 1 heterocycles. The smallest absolute Gasteiger partial charge is 0.127 e. The van der Waals surface area contributed by atoms with Gasteiger partial charge in [-0.15, -0.1) is 0 Å². The number of hydrogen-bond acceptors (Lipinski definition) is 2. The van der Waals surface area contributed by atoms with E-state index >= 15 is 0 Å². The molecular weight excluding hydrogens is 253 g/mol. The van der Waals surface area contributed by atoms with Crippen LogP contribution in [-0.4, -0.2) is 6.54 Å². The van der Waals surface area contributed by atoms with Crippen LogP contribution in [-0.2, 0) is 6.54 Å². The van der Waals surface area contributed by atoms with Gasteiger partial charge in [0, 0.05) is 11.1 Å². The van der Waals surface area contributed by atoms with E-state index in [0.717, 1.165) is 23.4 Å². The fourth-order valence-electron chi connectivity index (χ4n) is 1.82. The summed E-state index contributed by atoms with van der Waals surface area (Å²) in [5.41, 5.74) is 2.28. The zero-order chi connectivity index (χ0) is 13.1. The second-order valence-electron chi connectivity index (χ2n) is 4.12. The minimum Gasteiger partial charge on any atom is -0.467 e. The van der Waals surface area contributed by atoms with Gasteiger partial charge in [-0.2, -0.15) is 0 Å². The van der Waals surface area contributed by atoms with Gasteiger partial charge in [0.05, 0.1) is 17.8 Å². The molecule has 0 bridgehead atoms. The largest absolute Gasteiger partial charge is 0.467 e. The van der Waals surface area contributed by atoms with E-state index < -0.39 is 0 Å². The Morgan fingerprint density at radius 3 is 2.83 bits per heavy atom. The van der Waals surface area contributed by atoms with Gasteiger partial charge in [0.1, 0.15) is 11.6 Å². The molecule has 0 fully saturated rings. The molecular formula is C14H15ClFNO. The van der Waals surface area contributed by atoms with Gasteiger partial charge in [-0.05, 0) is 37.2 Å². The van der Waals surface area contributed by atoms with Gasteiger partial charge in [-0.1, -0.05) is 18.5 Å². The summed E-state index contributed by atoms with van der Waals surface area (Å²) in [4.78, 5) is 0. The maximum Gasteiger partial charge on any atom is 0.127 e. The Labute approximate surface area is 111 Å². The van der Waals surface area contributed by atoms with Gasteiger partial charge >= 0.3 is 0 Å². The first-order valence-corrected chi connectivity index (χ1v) is 6.24. The number of benzene rings is 1. The molecule has 0 atom stereocenters. The van der Waals surface area contributed by atoms with E-state index in [1.165, 1.54) is 6.07 Å². The summed E-state index contributed by atoms with van der Waals surface area (Å²) >= 11 is 6.10. The highest BCUT2D eigenvalue weighted by atomic mass is 35.5. The highest BCUT2D eigenvalue weighted by Crippen LogP contribution is 2.33. The van der Waals surface area contributed by atoms with Gasteiger partial charge in [-0.3, -0.25) is 0 Å². The fourth-order valence-corrected chi connectivity index (χ4v) is 2.07. The zero-order valence-electron chi connectivity index (χ0n) is 10.4. The third kappa shape index (κ3) is 2.57. The molecule has 0 saturated carbocycles. The van der Waals surface area contributed by atoms with E-state index in [1.807, 2.05) is 13.0 Å². The third-order valence-corrected chi connectivity index (χ3v) is 3.13. The predicted octanol–water partition coefficient (Wildman–Crippen LogP) is 4.16. The monoisotopic (exact) mass is 267 g/mol. The molecule has 96 valence electrons. The second-order valence-corrected chi connectivity index (χ2v) is 4.53. The summed E-state index contributed by atoms with van der Waals surface area (Å²) in [6.45, 7) is 5.23. The van der Waals surface area contributed by atoms with Crippen molar-refractivity contribution in [3.8, 4) is 11.1 Å². The molecule has 0 unspecified atom stereocenters. The van der Waals surface area contributed by atoms with Gasteiger partial charge in [0.25, 0.3) is 0 Å². The van der Waals surface area contributed by atoms with Crippen LogP contribution in [0.4, 0.5) is 4.39 Å². The summed E-state index contributed by atoms with van der Waals surface area (Å²) in [7, 11) is 0. The average Bonchev–Trinajstić information content (AvgIpc) is 2.79. The van der Waals surface area contributed by atoms with Crippen molar-refractivity contribution in [3.05, 3.63) is 46.6 Å². The summed E-state index contributed by atoms with van der Waals surface area (Å²) in [5, 5.41) is 3.60. The van der Waals surface area contributed by atoms with Crippen LogP contribution in [0.25, 0.3) is 11.1 Å². The lowest BCUT2D eigenvalue weighted by Gasteiger charge is -2.07. The van der Waals surface area contributed by atoms with E-state index in [1.54, 1.807) is 19.3 Å². The number of halogens is 2. The molecule has 2 aromatic rings. The van der Waals surface area contributed by atoms with Crippen molar-refractivity contribution >= 4 is 11.6 Å². The van der Waals surface area contributed by atoms with E-state index in [4.69, 9.17) is 16.0 Å². The predicted molar refractivity (Wildman–Crippen MR) is 71.2 cm³/mol. The quantitative estimate of drug-likeness (QED) is 0.900. The normalized spacial score (nSPS) is 10.9. The lowest BCUT2D eigenvalue weighted by Crippen LogP contribution is -2.11. The highest BCUT2D eigenvalue weighted by Gasteiger charge is 2.13. The molecule has 0 spiro atoms. The Morgan fingerprint density at radius 2 is 2.11 bits per heavy atom. The van der Waals surface area contributed by atoms with Crippen LogP contribution in [0.5, 0.6) is 0 Å². The van der Waals surface area contributed by atoms with Crippen molar-refractivity contribution in [3.63, 3.8) is 0 Å². The SMILES string of the molecule is CCNCc1occc1-c1cc(C)c(F)cc1Cl. The molecule has 2 nitrogen and oxygen atoms in total. The van der Waals surface area contributed by atoms with Crippen LogP contribution < -0.4 is 5.32 Å². The molecule has 0 aliphatic rings. The molecule has 4 heteroatoms. The van der Waals surface area contributed by atoms with Gasteiger partial charge in [0.15, 0.2) is 0 Å². The molecule has 1 aromatic carbocycles. The Morgan fingerprint density at radius 1 is 1.33 bits per heavy atom. The Kier molecular flexibility index (Phi) is 4.04. The minimum absolute atomic E-state index is 0.291. The summed E-state index contributed by atoms with van der Waals surface area (Å²) in [6, 6.07) is 4.94. The van der Waals surface area contributed by atoms with E-state index in [0.29, 0.717) is 17.1 Å². The maximum atomic E-state index is 13.4. The van der Waals surface area contributed by atoms with Crippen LogP contribution in [0.2, 0.25) is 5.02 Å². The lowest BCUT2D eigenvalue weighted by molar-refractivity contribution is 0.489. The molecule has 1 N–H and O–H groups in total. The number of aryl methyl sites for hydroxylation is 1. The zero-order valence-corrected chi connectivity index (χ0v) is 11.1. The topological polar surface area (TPSA) is 25.2 Å².